The number of nitrogens with zero attached hydrogens (tertiary/aromatic N) is 1. The second kappa shape index (κ2) is 7.84. The minimum absolute atomic E-state index is 0.0829. The first-order valence-electron chi connectivity index (χ1n) is 8.95. The maximum Gasteiger partial charge on any atom is 0.422 e. The highest BCUT2D eigenvalue weighted by Crippen LogP contribution is 2.46. The van der Waals surface area contributed by atoms with Crippen molar-refractivity contribution in [1.29, 1.82) is 0 Å². The molecule has 1 aromatic heterocycles. The van der Waals surface area contributed by atoms with Gasteiger partial charge in [0.25, 0.3) is 0 Å². The van der Waals surface area contributed by atoms with Crippen LogP contribution in [0.5, 0.6) is 5.75 Å². The van der Waals surface area contributed by atoms with Gasteiger partial charge in [-0.05, 0) is 43.5 Å². The van der Waals surface area contributed by atoms with Crippen LogP contribution in [0.2, 0.25) is 5.15 Å². The van der Waals surface area contributed by atoms with Crippen LogP contribution >= 0.6 is 11.6 Å². The van der Waals surface area contributed by atoms with E-state index in [0.29, 0.717) is 24.0 Å². The van der Waals surface area contributed by atoms with Gasteiger partial charge in [-0.25, -0.2) is 4.98 Å². The lowest BCUT2D eigenvalue weighted by Gasteiger charge is -2.25. The van der Waals surface area contributed by atoms with Crippen LogP contribution in [0.25, 0.3) is 0 Å². The minimum Gasteiger partial charge on any atom is -0.484 e. The average Bonchev–Trinajstić information content (AvgIpc) is 3.40. The number of ether oxygens (including phenoxy) is 1. The second-order valence-electron chi connectivity index (χ2n) is 7.38. The van der Waals surface area contributed by atoms with E-state index in [1.807, 2.05) is 0 Å². The molecule has 1 aromatic carbocycles. The van der Waals surface area contributed by atoms with Crippen molar-refractivity contribution in [2.24, 2.45) is 0 Å². The van der Waals surface area contributed by atoms with Crippen LogP contribution in [0, 0.1) is 0 Å². The Morgan fingerprint density at radius 2 is 2.03 bits per heavy atom. The zero-order valence-corrected chi connectivity index (χ0v) is 16.3. The number of aromatic nitrogens is 1. The topological polar surface area (TPSA) is 71.5 Å². The van der Waals surface area contributed by atoms with Gasteiger partial charge in [0, 0.05) is 11.8 Å². The Morgan fingerprint density at radius 3 is 2.62 bits per heavy atom. The molecule has 0 aliphatic heterocycles. The lowest BCUT2D eigenvalue weighted by molar-refractivity contribution is -0.153. The van der Waals surface area contributed by atoms with Crippen molar-refractivity contribution < 1.29 is 27.8 Å². The van der Waals surface area contributed by atoms with Crippen LogP contribution in [0.3, 0.4) is 0 Å². The smallest absolute Gasteiger partial charge is 0.422 e. The Morgan fingerprint density at radius 1 is 1.31 bits per heavy atom. The molecule has 156 valence electrons. The Hall–Kier alpha value is -2.32. The van der Waals surface area contributed by atoms with Crippen LogP contribution in [0.4, 0.5) is 13.2 Å². The summed E-state index contributed by atoms with van der Waals surface area (Å²) in [5, 5.41) is 13.8. The monoisotopic (exact) mass is 428 g/mol. The van der Waals surface area contributed by atoms with Gasteiger partial charge in [-0.3, -0.25) is 4.79 Å². The Labute approximate surface area is 170 Å². The molecule has 3 rings (SSSR count). The molecule has 1 amide bonds. The Kier molecular flexibility index (Phi) is 5.78. The van der Waals surface area contributed by atoms with Gasteiger partial charge in [-0.15, -0.1) is 0 Å². The first-order valence-corrected chi connectivity index (χ1v) is 9.32. The van der Waals surface area contributed by atoms with Crippen molar-refractivity contribution in [3.8, 4) is 5.75 Å². The third kappa shape index (κ3) is 5.61. The number of hydrogen-bond donors (Lipinski definition) is 2. The quantitative estimate of drug-likeness (QED) is 0.652. The first-order chi connectivity index (χ1) is 13.5. The van der Waals surface area contributed by atoms with Crippen LogP contribution in [0.15, 0.2) is 42.6 Å². The number of carbonyl (C=O) groups is 1. The van der Waals surface area contributed by atoms with Gasteiger partial charge in [0.2, 0.25) is 5.91 Å². The molecule has 0 saturated heterocycles. The number of halogens is 4. The van der Waals surface area contributed by atoms with Crippen molar-refractivity contribution in [2.45, 2.75) is 43.5 Å². The number of hydrogen-bond acceptors (Lipinski definition) is 4. The summed E-state index contributed by atoms with van der Waals surface area (Å²) in [4.78, 5) is 16.5. The molecule has 29 heavy (non-hydrogen) atoms. The molecule has 0 radical (unpaired) electrons. The fraction of sp³-hybridized carbons (Fsp3) is 0.400. The predicted molar refractivity (Wildman–Crippen MR) is 100 cm³/mol. The van der Waals surface area contributed by atoms with Crippen molar-refractivity contribution >= 4 is 17.5 Å². The third-order valence-electron chi connectivity index (χ3n) is 4.77. The molecule has 1 aliphatic carbocycles. The third-order valence-corrected chi connectivity index (χ3v) is 5.00. The number of aliphatic hydroxyl groups is 1. The molecule has 2 N–H and O–H groups in total. The molecule has 1 saturated carbocycles. The van der Waals surface area contributed by atoms with E-state index in [2.05, 4.69) is 10.3 Å². The summed E-state index contributed by atoms with van der Waals surface area (Å²) in [5.74, 6) is -0.302. The van der Waals surface area contributed by atoms with E-state index in [4.69, 9.17) is 16.3 Å². The van der Waals surface area contributed by atoms with E-state index in [-0.39, 0.29) is 23.2 Å². The maximum absolute atomic E-state index is 12.6. The van der Waals surface area contributed by atoms with Gasteiger partial charge >= 0.3 is 6.18 Å². The lowest BCUT2D eigenvalue weighted by atomic mass is 9.93. The Balaban J connectivity index is 1.66. The summed E-state index contributed by atoms with van der Waals surface area (Å²) < 4.78 is 41.9. The summed E-state index contributed by atoms with van der Waals surface area (Å²) in [5.41, 5.74) is -0.999. The summed E-state index contributed by atoms with van der Waals surface area (Å²) in [6.07, 6.45) is -1.94. The van der Waals surface area contributed by atoms with Crippen LogP contribution in [-0.2, 0) is 15.9 Å². The fourth-order valence-electron chi connectivity index (χ4n) is 3.08. The number of pyridine rings is 1. The number of rotatable bonds is 7. The van der Waals surface area contributed by atoms with Crippen molar-refractivity contribution in [3.05, 3.63) is 58.9 Å². The zero-order valence-electron chi connectivity index (χ0n) is 15.6. The maximum atomic E-state index is 12.6. The number of alkyl halides is 3. The zero-order chi connectivity index (χ0) is 21.3. The summed E-state index contributed by atoms with van der Waals surface area (Å²) in [6.45, 7) is 0.122. The molecule has 1 aliphatic rings. The average molecular weight is 429 g/mol. The highest BCUT2D eigenvalue weighted by molar-refractivity contribution is 6.29. The Bertz CT molecular complexity index is 881. The second-order valence-corrected chi connectivity index (χ2v) is 7.77. The van der Waals surface area contributed by atoms with E-state index in [9.17, 15) is 23.1 Å². The summed E-state index contributed by atoms with van der Waals surface area (Å²) in [6, 6.07) is 9.37. The van der Waals surface area contributed by atoms with Gasteiger partial charge in [-0.2, -0.15) is 13.2 Å². The molecule has 1 fully saturated rings. The molecule has 1 heterocycles. The molecule has 0 spiro atoms. The molecule has 2 aromatic rings. The van der Waals surface area contributed by atoms with Gasteiger partial charge < -0.3 is 15.2 Å². The summed E-state index contributed by atoms with van der Waals surface area (Å²) in [7, 11) is 0. The van der Waals surface area contributed by atoms with Crippen molar-refractivity contribution in [2.75, 3.05) is 6.61 Å². The highest BCUT2D eigenvalue weighted by atomic mass is 35.5. The van der Waals surface area contributed by atoms with Crippen LogP contribution < -0.4 is 10.1 Å². The van der Waals surface area contributed by atoms with Gasteiger partial charge in [0.15, 0.2) is 6.61 Å². The predicted octanol–water partition coefficient (Wildman–Crippen LogP) is 4.08. The van der Waals surface area contributed by atoms with Crippen LogP contribution in [-0.4, -0.2) is 28.8 Å². The minimum atomic E-state index is -4.43. The lowest BCUT2D eigenvalue weighted by Crippen LogP contribution is -2.39. The number of benzene rings is 1. The molecular formula is C20H20ClF3N2O3. The fourth-order valence-corrected chi connectivity index (χ4v) is 3.19. The largest absolute Gasteiger partial charge is 0.484 e. The molecular weight excluding hydrogens is 409 g/mol. The van der Waals surface area contributed by atoms with Crippen molar-refractivity contribution in [3.63, 3.8) is 0 Å². The van der Waals surface area contributed by atoms with E-state index in [1.54, 1.807) is 18.2 Å². The van der Waals surface area contributed by atoms with E-state index in [0.717, 1.165) is 0 Å². The van der Waals surface area contributed by atoms with Crippen molar-refractivity contribution in [1.82, 2.24) is 10.3 Å². The van der Waals surface area contributed by atoms with E-state index >= 15 is 0 Å². The van der Waals surface area contributed by atoms with Gasteiger partial charge in [-0.1, -0.05) is 29.8 Å². The molecule has 1 atom stereocenters. The van der Waals surface area contributed by atoms with Gasteiger partial charge in [0.05, 0.1) is 17.6 Å². The standard InChI is InChI=1S/C20H20ClF3N2O3/c1-18(28,14-5-6-16(21)25-11-14)10-17(27)26-19(7-8-19)13-3-2-4-15(9-13)29-12-20(22,23)24/h2-6,9,11,28H,7-8,10,12H2,1H3,(H,26,27)/t18-/m1/s1. The first kappa shape index (κ1) is 21.4. The normalized spacial score (nSPS) is 17.3. The number of amides is 1. The molecule has 9 heteroatoms. The molecule has 5 nitrogen and oxygen atoms in total. The van der Waals surface area contributed by atoms with Gasteiger partial charge in [0.1, 0.15) is 10.9 Å². The molecule has 0 unspecified atom stereocenters. The van der Waals surface area contributed by atoms with E-state index < -0.39 is 23.9 Å². The number of carbonyl (C=O) groups excluding carboxylic acids is 1. The highest BCUT2D eigenvalue weighted by Gasteiger charge is 2.46. The number of nitrogens with one attached hydrogen (secondary N) is 1. The molecule has 0 bridgehead atoms. The van der Waals surface area contributed by atoms with Crippen LogP contribution in [0.1, 0.15) is 37.3 Å². The SMILES string of the molecule is C[C@@](O)(CC(=O)NC1(c2cccc(OCC(F)(F)F)c2)CC1)c1ccc(Cl)nc1. The van der Waals surface area contributed by atoms with E-state index in [1.165, 1.54) is 31.3 Å². The summed E-state index contributed by atoms with van der Waals surface area (Å²) >= 11 is 5.75.